The normalized spacial score (nSPS) is 12.0. The Morgan fingerprint density at radius 2 is 1.67 bits per heavy atom. The van der Waals surface area contributed by atoms with Gasteiger partial charge in [0.25, 0.3) is 5.91 Å². The summed E-state index contributed by atoms with van der Waals surface area (Å²) < 4.78 is 0. The Balaban J connectivity index is 2.87. The summed E-state index contributed by atoms with van der Waals surface area (Å²) in [5.41, 5.74) is 5.09. The number of hydrogen-bond acceptors (Lipinski definition) is 3. The zero-order valence-corrected chi connectivity index (χ0v) is 13.1. The molecule has 4 N–H and O–H groups in total. The molecule has 0 aromatic heterocycles. The van der Waals surface area contributed by atoms with E-state index in [0.29, 0.717) is 12.1 Å². The zero-order valence-electron chi connectivity index (χ0n) is 13.1. The molecule has 1 amide bonds. The maximum atomic E-state index is 12.3. The minimum absolute atomic E-state index is 0.284. The second-order valence-corrected chi connectivity index (χ2v) is 6.24. The first-order valence-corrected chi connectivity index (χ1v) is 6.97. The van der Waals surface area contributed by atoms with Crippen molar-refractivity contribution in [3.8, 4) is 0 Å². The summed E-state index contributed by atoms with van der Waals surface area (Å²) >= 11 is 0. The van der Waals surface area contributed by atoms with Crippen LogP contribution in [0.4, 0.5) is 0 Å². The Morgan fingerprint density at radius 3 is 2.10 bits per heavy atom. The van der Waals surface area contributed by atoms with Crippen LogP contribution in [0.1, 0.15) is 43.6 Å². The van der Waals surface area contributed by atoms with Crippen molar-refractivity contribution in [2.24, 2.45) is 11.1 Å². The molecule has 116 valence electrons. The first kappa shape index (κ1) is 17.2. The van der Waals surface area contributed by atoms with Gasteiger partial charge in [-0.15, -0.1) is 0 Å². The molecule has 0 radical (unpaired) electrons. The van der Waals surface area contributed by atoms with E-state index in [1.165, 1.54) is 0 Å². The van der Waals surface area contributed by atoms with E-state index in [9.17, 15) is 14.7 Å². The molecule has 5 heteroatoms. The van der Waals surface area contributed by atoms with Crippen LogP contribution in [-0.2, 0) is 11.2 Å². The number of carboxylic acids is 1. The van der Waals surface area contributed by atoms with Gasteiger partial charge in [-0.2, -0.15) is 0 Å². The quantitative estimate of drug-likeness (QED) is 0.745. The summed E-state index contributed by atoms with van der Waals surface area (Å²) in [7, 11) is 0. The monoisotopic (exact) mass is 292 g/mol. The molecule has 0 saturated carbocycles. The van der Waals surface area contributed by atoms with Crippen molar-refractivity contribution in [2.75, 3.05) is 6.54 Å². The summed E-state index contributed by atoms with van der Waals surface area (Å²) in [6.07, 6.45) is 0.763. The van der Waals surface area contributed by atoms with E-state index < -0.39 is 16.9 Å². The molecular weight excluding hydrogens is 268 g/mol. The minimum atomic E-state index is -1.08. The van der Waals surface area contributed by atoms with Crippen LogP contribution in [0.25, 0.3) is 0 Å². The zero-order chi connectivity index (χ0) is 16.3. The Morgan fingerprint density at radius 1 is 1.14 bits per heavy atom. The van der Waals surface area contributed by atoms with Crippen LogP contribution < -0.4 is 11.1 Å². The molecule has 0 aliphatic rings. The fraction of sp³-hybridized carbons (Fsp3) is 0.500. The number of nitrogens with one attached hydrogen (secondary N) is 1. The van der Waals surface area contributed by atoms with E-state index in [1.807, 2.05) is 12.1 Å². The number of aliphatic carboxylic acids is 1. The number of nitrogens with two attached hydrogens (primary N) is 1. The van der Waals surface area contributed by atoms with Crippen LogP contribution in [0.3, 0.4) is 0 Å². The molecule has 21 heavy (non-hydrogen) atoms. The van der Waals surface area contributed by atoms with Crippen molar-refractivity contribution in [1.29, 1.82) is 0 Å². The lowest BCUT2D eigenvalue weighted by atomic mass is 9.74. The molecular formula is C16H24N2O3. The first-order valence-electron chi connectivity index (χ1n) is 6.97. The molecule has 1 aromatic carbocycles. The van der Waals surface area contributed by atoms with Crippen molar-refractivity contribution in [1.82, 2.24) is 5.32 Å². The molecule has 0 saturated heterocycles. The van der Waals surface area contributed by atoms with Gasteiger partial charge < -0.3 is 16.2 Å². The van der Waals surface area contributed by atoms with Gasteiger partial charge in [-0.25, -0.2) is 0 Å². The number of rotatable bonds is 6. The number of amides is 1. The molecule has 1 aromatic rings. The Bertz CT molecular complexity index is 519. The van der Waals surface area contributed by atoms with Gasteiger partial charge in [-0.05, 0) is 58.4 Å². The highest BCUT2D eigenvalue weighted by molar-refractivity contribution is 5.95. The summed E-state index contributed by atoms with van der Waals surface area (Å²) in [5, 5.41) is 12.1. The molecule has 0 atom stereocenters. The molecule has 0 aliphatic heterocycles. The number of carboxylic acid groups (broad SMARTS) is 1. The van der Waals surface area contributed by atoms with Crippen LogP contribution in [0.5, 0.6) is 0 Å². The van der Waals surface area contributed by atoms with E-state index in [4.69, 9.17) is 5.73 Å². The van der Waals surface area contributed by atoms with E-state index in [-0.39, 0.29) is 5.91 Å². The van der Waals surface area contributed by atoms with Gasteiger partial charge in [-0.1, -0.05) is 12.1 Å². The average molecular weight is 292 g/mol. The highest BCUT2D eigenvalue weighted by Gasteiger charge is 2.44. The SMILES string of the molecule is CC(C)(NC(=O)c1ccc(CCN)cc1)C(C)(C)C(=O)O. The lowest BCUT2D eigenvalue weighted by Crippen LogP contribution is -2.56. The molecule has 0 spiro atoms. The van der Waals surface area contributed by atoms with Crippen molar-refractivity contribution in [3.05, 3.63) is 35.4 Å². The van der Waals surface area contributed by atoms with Gasteiger partial charge in [0.1, 0.15) is 0 Å². The molecule has 0 heterocycles. The van der Waals surface area contributed by atoms with Crippen molar-refractivity contribution < 1.29 is 14.7 Å². The van der Waals surface area contributed by atoms with Crippen molar-refractivity contribution in [3.63, 3.8) is 0 Å². The summed E-state index contributed by atoms with van der Waals surface area (Å²) in [4.78, 5) is 23.6. The predicted molar refractivity (Wildman–Crippen MR) is 82.2 cm³/mol. The Kier molecular flexibility index (Phi) is 5.12. The molecule has 0 bridgehead atoms. The second kappa shape index (κ2) is 6.26. The Hall–Kier alpha value is -1.88. The number of carbonyl (C=O) groups is 2. The van der Waals surface area contributed by atoms with Gasteiger partial charge in [0.05, 0.1) is 11.0 Å². The topological polar surface area (TPSA) is 92.4 Å². The highest BCUT2D eigenvalue weighted by Crippen LogP contribution is 2.31. The highest BCUT2D eigenvalue weighted by atomic mass is 16.4. The van der Waals surface area contributed by atoms with Crippen molar-refractivity contribution in [2.45, 2.75) is 39.7 Å². The second-order valence-electron chi connectivity index (χ2n) is 6.24. The smallest absolute Gasteiger partial charge is 0.311 e. The van der Waals surface area contributed by atoms with Gasteiger partial charge in [-0.3, -0.25) is 9.59 Å². The number of hydrogen-bond donors (Lipinski definition) is 3. The number of carbonyl (C=O) groups excluding carboxylic acids is 1. The largest absolute Gasteiger partial charge is 0.481 e. The molecule has 0 aliphatic carbocycles. The lowest BCUT2D eigenvalue weighted by Gasteiger charge is -2.38. The fourth-order valence-electron chi connectivity index (χ4n) is 1.77. The lowest BCUT2D eigenvalue weighted by molar-refractivity contribution is -0.150. The van der Waals surface area contributed by atoms with Crippen LogP contribution in [-0.4, -0.2) is 29.1 Å². The van der Waals surface area contributed by atoms with Gasteiger partial charge in [0, 0.05) is 5.56 Å². The summed E-state index contributed by atoms with van der Waals surface area (Å²) in [5.74, 6) is -1.24. The first-order chi connectivity index (χ1) is 9.61. The Labute approximate surface area is 125 Å². The fourth-order valence-corrected chi connectivity index (χ4v) is 1.77. The third-order valence-electron chi connectivity index (χ3n) is 4.17. The van der Waals surface area contributed by atoms with Crippen LogP contribution in [0.15, 0.2) is 24.3 Å². The van der Waals surface area contributed by atoms with Gasteiger partial charge in [0.15, 0.2) is 0 Å². The van der Waals surface area contributed by atoms with Crippen LogP contribution >= 0.6 is 0 Å². The third kappa shape index (κ3) is 3.82. The summed E-state index contributed by atoms with van der Waals surface area (Å²) in [6.45, 7) is 7.18. The minimum Gasteiger partial charge on any atom is -0.481 e. The van der Waals surface area contributed by atoms with E-state index in [2.05, 4.69) is 5.32 Å². The predicted octanol–water partition coefficient (Wildman–Crippen LogP) is 1.81. The van der Waals surface area contributed by atoms with E-state index >= 15 is 0 Å². The van der Waals surface area contributed by atoms with Crippen LogP contribution in [0.2, 0.25) is 0 Å². The molecule has 5 nitrogen and oxygen atoms in total. The van der Waals surface area contributed by atoms with Crippen LogP contribution in [0, 0.1) is 5.41 Å². The summed E-state index contributed by atoms with van der Waals surface area (Å²) in [6, 6.07) is 7.17. The third-order valence-corrected chi connectivity index (χ3v) is 4.17. The average Bonchev–Trinajstić information content (AvgIpc) is 2.39. The molecule has 0 fully saturated rings. The van der Waals surface area contributed by atoms with Gasteiger partial charge >= 0.3 is 5.97 Å². The maximum absolute atomic E-state index is 12.3. The maximum Gasteiger partial charge on any atom is 0.311 e. The molecule has 0 unspecified atom stereocenters. The molecule has 1 rings (SSSR count). The van der Waals surface area contributed by atoms with Gasteiger partial charge in [0.2, 0.25) is 0 Å². The van der Waals surface area contributed by atoms with Crippen molar-refractivity contribution >= 4 is 11.9 Å². The van der Waals surface area contributed by atoms with E-state index in [0.717, 1.165) is 12.0 Å². The standard InChI is InChI=1S/C16H24N2O3/c1-15(2,14(20)21)16(3,4)18-13(19)12-7-5-11(6-8-12)9-10-17/h5-8H,9-10,17H2,1-4H3,(H,18,19)(H,20,21). The van der Waals surface area contributed by atoms with E-state index in [1.54, 1.807) is 39.8 Å². The number of benzene rings is 1.